The molecule has 0 spiro atoms. The van der Waals surface area contributed by atoms with Gasteiger partial charge in [0, 0.05) is 17.0 Å². The van der Waals surface area contributed by atoms with Gasteiger partial charge in [-0.15, -0.1) is 0 Å². The van der Waals surface area contributed by atoms with Crippen molar-refractivity contribution in [2.45, 2.75) is 53.4 Å². The van der Waals surface area contributed by atoms with Crippen molar-refractivity contribution in [3.63, 3.8) is 0 Å². The molecular formula is C15H21N. The highest BCUT2D eigenvalue weighted by molar-refractivity contribution is 5.72. The van der Waals surface area contributed by atoms with E-state index in [4.69, 9.17) is 0 Å². The molecule has 0 fully saturated rings. The van der Waals surface area contributed by atoms with Crippen molar-refractivity contribution < 1.29 is 0 Å². The first-order valence-corrected chi connectivity index (χ1v) is 6.23. The molecule has 0 aliphatic heterocycles. The maximum absolute atomic E-state index is 4.61. The van der Waals surface area contributed by atoms with E-state index in [0.29, 0.717) is 0 Å². The van der Waals surface area contributed by atoms with Crippen molar-refractivity contribution in [3.8, 4) is 0 Å². The molecule has 0 radical (unpaired) electrons. The molecule has 0 saturated carbocycles. The number of aromatic nitrogens is 1. The lowest BCUT2D eigenvalue weighted by molar-refractivity contribution is 0.713. The highest BCUT2D eigenvalue weighted by Gasteiger charge is 2.15. The molecular weight excluding hydrogens is 194 g/mol. The van der Waals surface area contributed by atoms with Crippen LogP contribution in [-0.4, -0.2) is 4.98 Å². The van der Waals surface area contributed by atoms with Gasteiger partial charge in [-0.25, -0.2) is 0 Å². The molecule has 0 saturated heterocycles. The summed E-state index contributed by atoms with van der Waals surface area (Å²) in [5.41, 5.74) is 8.28. The molecule has 86 valence electrons. The fourth-order valence-electron chi connectivity index (χ4n) is 2.87. The summed E-state index contributed by atoms with van der Waals surface area (Å²) in [6.45, 7) is 8.72. The van der Waals surface area contributed by atoms with E-state index in [-0.39, 0.29) is 0 Å². The lowest BCUT2D eigenvalue weighted by Gasteiger charge is -2.21. The van der Waals surface area contributed by atoms with Crippen LogP contribution in [0.4, 0.5) is 0 Å². The lowest BCUT2D eigenvalue weighted by Crippen LogP contribution is -2.03. The molecule has 1 aromatic rings. The Kier molecular flexibility index (Phi) is 3.13. The van der Waals surface area contributed by atoms with Gasteiger partial charge in [0.15, 0.2) is 0 Å². The zero-order valence-electron chi connectivity index (χ0n) is 10.9. The number of hydrogen-bond acceptors (Lipinski definition) is 1. The third-order valence-corrected chi connectivity index (χ3v) is 3.57. The molecule has 1 aromatic heterocycles. The van der Waals surface area contributed by atoms with Crippen molar-refractivity contribution in [3.05, 3.63) is 34.2 Å². The first-order valence-electron chi connectivity index (χ1n) is 6.23. The number of allylic oxidation sites excluding steroid dienone is 2. The van der Waals surface area contributed by atoms with E-state index in [1.54, 1.807) is 11.1 Å². The van der Waals surface area contributed by atoms with E-state index >= 15 is 0 Å². The lowest BCUT2D eigenvalue weighted by atomic mass is 9.85. The zero-order valence-corrected chi connectivity index (χ0v) is 10.9. The van der Waals surface area contributed by atoms with E-state index < -0.39 is 0 Å². The summed E-state index contributed by atoms with van der Waals surface area (Å²) in [7, 11) is 0. The van der Waals surface area contributed by atoms with Gasteiger partial charge in [-0.2, -0.15) is 0 Å². The van der Waals surface area contributed by atoms with Crippen molar-refractivity contribution in [2.75, 3.05) is 0 Å². The maximum atomic E-state index is 4.61. The minimum absolute atomic E-state index is 1.13. The van der Waals surface area contributed by atoms with Gasteiger partial charge in [-0.1, -0.05) is 5.57 Å². The summed E-state index contributed by atoms with van der Waals surface area (Å²) in [5.74, 6) is 0. The molecule has 1 heteroatoms. The average Bonchev–Trinajstić information content (AvgIpc) is 2.19. The topological polar surface area (TPSA) is 12.9 Å². The van der Waals surface area contributed by atoms with Crippen LogP contribution in [0.1, 0.15) is 55.1 Å². The molecule has 0 N–H and O–H groups in total. The Hall–Kier alpha value is -1.11. The second-order valence-electron chi connectivity index (χ2n) is 5.01. The summed E-state index contributed by atoms with van der Waals surface area (Å²) in [6.07, 6.45) is 5.19. The first-order chi connectivity index (χ1) is 7.59. The molecule has 1 aliphatic rings. The van der Waals surface area contributed by atoms with E-state index in [2.05, 4.69) is 38.7 Å². The number of rotatable bonds is 1. The fourth-order valence-corrected chi connectivity index (χ4v) is 2.87. The zero-order chi connectivity index (χ0) is 11.7. The molecule has 1 aliphatic carbocycles. The van der Waals surface area contributed by atoms with Crippen LogP contribution in [0.5, 0.6) is 0 Å². The maximum Gasteiger partial charge on any atom is 0.0453 e. The Morgan fingerprint density at radius 3 is 2.31 bits per heavy atom. The van der Waals surface area contributed by atoms with Crippen molar-refractivity contribution in [1.29, 1.82) is 0 Å². The fraction of sp³-hybridized carbons (Fsp3) is 0.533. The van der Waals surface area contributed by atoms with Crippen molar-refractivity contribution in [2.24, 2.45) is 0 Å². The predicted octanol–water partition coefficient (Wildman–Crippen LogP) is 4.35. The number of nitrogens with zero attached hydrogens (tertiary/aromatic N) is 1. The van der Waals surface area contributed by atoms with Crippen LogP contribution >= 0.6 is 0 Å². The quantitative estimate of drug-likeness (QED) is 0.678. The summed E-state index contributed by atoms with van der Waals surface area (Å²) < 4.78 is 0. The van der Waals surface area contributed by atoms with Gasteiger partial charge >= 0.3 is 0 Å². The largest absolute Gasteiger partial charge is 0.258 e. The third-order valence-electron chi connectivity index (χ3n) is 3.57. The average molecular weight is 215 g/mol. The van der Waals surface area contributed by atoms with Gasteiger partial charge in [0.1, 0.15) is 0 Å². The highest BCUT2D eigenvalue weighted by atomic mass is 14.7. The molecule has 0 bridgehead atoms. The van der Waals surface area contributed by atoms with E-state index in [0.717, 1.165) is 5.69 Å². The number of aryl methyl sites for hydroxylation is 3. The number of hydrogen-bond donors (Lipinski definition) is 0. The van der Waals surface area contributed by atoms with E-state index in [1.807, 2.05) is 0 Å². The highest BCUT2D eigenvalue weighted by Crippen LogP contribution is 2.34. The summed E-state index contributed by atoms with van der Waals surface area (Å²) in [4.78, 5) is 4.61. The van der Waals surface area contributed by atoms with Gasteiger partial charge in [0.25, 0.3) is 0 Å². The smallest absolute Gasteiger partial charge is 0.0453 e. The molecule has 0 amide bonds. The molecule has 16 heavy (non-hydrogen) atoms. The van der Waals surface area contributed by atoms with Crippen LogP contribution in [0.15, 0.2) is 11.6 Å². The van der Waals surface area contributed by atoms with Crippen LogP contribution in [0.2, 0.25) is 0 Å². The van der Waals surface area contributed by atoms with Gasteiger partial charge in [0.05, 0.1) is 0 Å². The number of pyridine rings is 1. The Morgan fingerprint density at radius 1 is 1.00 bits per heavy atom. The van der Waals surface area contributed by atoms with Crippen LogP contribution < -0.4 is 0 Å². The second kappa shape index (κ2) is 4.40. The summed E-state index contributed by atoms with van der Waals surface area (Å²) >= 11 is 0. The summed E-state index contributed by atoms with van der Waals surface area (Å²) in [6, 6.07) is 2.21. The Balaban J connectivity index is 2.55. The third kappa shape index (κ3) is 2.04. The van der Waals surface area contributed by atoms with E-state index in [9.17, 15) is 0 Å². The van der Waals surface area contributed by atoms with Crippen LogP contribution in [0.25, 0.3) is 5.57 Å². The molecule has 2 rings (SSSR count). The van der Waals surface area contributed by atoms with Crippen LogP contribution in [0, 0.1) is 20.8 Å². The van der Waals surface area contributed by atoms with Gasteiger partial charge in [-0.05, 0) is 70.6 Å². The Labute approximate surface area is 98.6 Å². The Morgan fingerprint density at radius 2 is 1.69 bits per heavy atom. The van der Waals surface area contributed by atoms with Gasteiger partial charge < -0.3 is 0 Å². The molecule has 0 aromatic carbocycles. The minimum atomic E-state index is 1.13. The van der Waals surface area contributed by atoms with Crippen molar-refractivity contribution >= 4 is 5.57 Å². The molecule has 0 atom stereocenters. The van der Waals surface area contributed by atoms with Gasteiger partial charge in [-0.3, -0.25) is 4.98 Å². The summed E-state index contributed by atoms with van der Waals surface area (Å²) in [5, 5.41) is 0. The second-order valence-corrected chi connectivity index (χ2v) is 5.01. The van der Waals surface area contributed by atoms with Crippen LogP contribution in [0.3, 0.4) is 0 Å². The minimum Gasteiger partial charge on any atom is -0.258 e. The van der Waals surface area contributed by atoms with Crippen molar-refractivity contribution in [1.82, 2.24) is 4.98 Å². The SMILES string of the molecule is CC1=C(c2c(C)cc(C)nc2C)CCCC1. The molecule has 0 unspecified atom stereocenters. The standard InChI is InChI=1S/C15H21N/c1-10-7-5-6-8-14(10)15-11(2)9-12(3)16-13(15)4/h9H,5-8H2,1-4H3. The van der Waals surface area contributed by atoms with Crippen LogP contribution in [-0.2, 0) is 0 Å². The van der Waals surface area contributed by atoms with E-state index in [1.165, 1.54) is 42.5 Å². The first kappa shape index (κ1) is 11.4. The molecule has 1 heterocycles. The monoisotopic (exact) mass is 215 g/mol. The molecule has 1 nitrogen and oxygen atoms in total. The normalized spacial score (nSPS) is 16.8. The predicted molar refractivity (Wildman–Crippen MR) is 69.5 cm³/mol. The van der Waals surface area contributed by atoms with Gasteiger partial charge in [0.2, 0.25) is 0 Å². The Bertz CT molecular complexity index is 418.